The van der Waals surface area contributed by atoms with E-state index in [9.17, 15) is 0 Å². The summed E-state index contributed by atoms with van der Waals surface area (Å²) in [6.07, 6.45) is 5.09. The fourth-order valence-corrected chi connectivity index (χ4v) is 4.62. The van der Waals surface area contributed by atoms with Crippen LogP contribution in [-0.2, 0) is 6.54 Å². The van der Waals surface area contributed by atoms with E-state index in [1.54, 1.807) is 24.7 Å². The number of benzene rings is 1. The molecule has 0 aliphatic carbocycles. The van der Waals surface area contributed by atoms with Gasteiger partial charge in [0.2, 0.25) is 5.95 Å². The molecule has 0 spiro atoms. The van der Waals surface area contributed by atoms with Gasteiger partial charge < -0.3 is 10.6 Å². The molecule has 1 fully saturated rings. The minimum absolute atomic E-state index is 0.391. The summed E-state index contributed by atoms with van der Waals surface area (Å²) in [4.78, 5) is 26.9. The Hall–Kier alpha value is -4.88. The fraction of sp³-hybridized carbons (Fsp3) is 0.185. The van der Waals surface area contributed by atoms with Crippen molar-refractivity contribution in [3.8, 4) is 23.1 Å². The lowest BCUT2D eigenvalue weighted by atomic mass is 10.1. The number of fused-ring (bicyclic) bond motifs is 1. The number of pyridine rings is 2. The zero-order chi connectivity index (χ0) is 25.2. The molecule has 10 heteroatoms. The smallest absolute Gasteiger partial charge is 0.226 e. The van der Waals surface area contributed by atoms with Crippen molar-refractivity contribution in [1.82, 2.24) is 34.4 Å². The number of aromatic nitrogens is 6. The van der Waals surface area contributed by atoms with Crippen LogP contribution in [0.25, 0.3) is 28.2 Å². The lowest BCUT2D eigenvalue weighted by Gasteiger charge is -2.34. The molecule has 1 aliphatic rings. The van der Waals surface area contributed by atoms with E-state index in [-0.39, 0.29) is 0 Å². The number of nitrogen functional groups attached to an aromatic ring is 1. The zero-order valence-corrected chi connectivity index (χ0v) is 20.1. The van der Waals surface area contributed by atoms with E-state index in [4.69, 9.17) is 16.0 Å². The largest absolute Gasteiger partial charge is 0.383 e. The van der Waals surface area contributed by atoms with Gasteiger partial charge in [0.1, 0.15) is 23.1 Å². The summed E-state index contributed by atoms with van der Waals surface area (Å²) in [5.41, 5.74) is 11.1. The molecule has 5 heterocycles. The van der Waals surface area contributed by atoms with Gasteiger partial charge in [-0.05, 0) is 48.0 Å². The first-order chi connectivity index (χ1) is 18.2. The number of hydrogen-bond donors (Lipinski definition) is 1. The molecule has 1 saturated heterocycles. The molecular formula is C27H24N10. The number of hydrogen-bond acceptors (Lipinski definition) is 9. The SMILES string of the molecule is N#Cc1ccnc(N2CCN(Cc3ccc(-n4c(-c5cccnc5N)nc5cccnc54)cc3)CC2)n1. The molecule has 0 amide bonds. The molecule has 0 radical (unpaired) electrons. The highest BCUT2D eigenvalue weighted by atomic mass is 15.3. The van der Waals surface area contributed by atoms with E-state index < -0.39 is 0 Å². The molecule has 10 nitrogen and oxygen atoms in total. The Morgan fingerprint density at radius 3 is 2.41 bits per heavy atom. The minimum atomic E-state index is 0.391. The highest BCUT2D eigenvalue weighted by molar-refractivity contribution is 5.82. The van der Waals surface area contributed by atoms with Crippen LogP contribution in [0, 0.1) is 11.3 Å². The molecule has 4 aromatic heterocycles. The lowest BCUT2D eigenvalue weighted by Crippen LogP contribution is -2.46. The lowest BCUT2D eigenvalue weighted by molar-refractivity contribution is 0.248. The van der Waals surface area contributed by atoms with Crippen molar-refractivity contribution >= 4 is 22.9 Å². The topological polar surface area (TPSA) is 126 Å². The number of anilines is 2. The first kappa shape index (κ1) is 22.6. The van der Waals surface area contributed by atoms with Crippen molar-refractivity contribution in [3.05, 3.63) is 84.4 Å². The number of piperazine rings is 1. The van der Waals surface area contributed by atoms with E-state index in [0.29, 0.717) is 23.3 Å². The van der Waals surface area contributed by atoms with Crippen molar-refractivity contribution < 1.29 is 0 Å². The van der Waals surface area contributed by atoms with Gasteiger partial charge in [-0.3, -0.25) is 9.47 Å². The highest BCUT2D eigenvalue weighted by Crippen LogP contribution is 2.30. The monoisotopic (exact) mass is 488 g/mol. The molecule has 0 atom stereocenters. The van der Waals surface area contributed by atoms with E-state index in [1.165, 1.54) is 5.56 Å². The molecule has 0 saturated carbocycles. The van der Waals surface area contributed by atoms with E-state index in [0.717, 1.165) is 55.1 Å². The Morgan fingerprint density at radius 1 is 0.838 bits per heavy atom. The van der Waals surface area contributed by atoms with Crippen molar-refractivity contribution in [3.63, 3.8) is 0 Å². The van der Waals surface area contributed by atoms with Gasteiger partial charge in [-0.15, -0.1) is 0 Å². The average molecular weight is 489 g/mol. The Bertz CT molecular complexity index is 1590. The normalized spacial score (nSPS) is 14.1. The van der Waals surface area contributed by atoms with Crippen LogP contribution < -0.4 is 10.6 Å². The average Bonchev–Trinajstić information content (AvgIpc) is 3.33. The van der Waals surface area contributed by atoms with Crippen LogP contribution in [0.3, 0.4) is 0 Å². The summed E-state index contributed by atoms with van der Waals surface area (Å²) in [7, 11) is 0. The van der Waals surface area contributed by atoms with E-state index in [2.05, 4.69) is 60.1 Å². The van der Waals surface area contributed by atoms with E-state index in [1.807, 2.05) is 28.8 Å². The van der Waals surface area contributed by atoms with Crippen molar-refractivity contribution in [2.75, 3.05) is 36.8 Å². The Morgan fingerprint density at radius 2 is 1.62 bits per heavy atom. The molecule has 1 aliphatic heterocycles. The maximum Gasteiger partial charge on any atom is 0.226 e. The summed E-state index contributed by atoms with van der Waals surface area (Å²) < 4.78 is 2.03. The van der Waals surface area contributed by atoms with Gasteiger partial charge >= 0.3 is 0 Å². The summed E-state index contributed by atoms with van der Waals surface area (Å²) >= 11 is 0. The van der Waals surface area contributed by atoms with Crippen LogP contribution in [0.15, 0.2) is 73.2 Å². The summed E-state index contributed by atoms with van der Waals surface area (Å²) in [6.45, 7) is 4.26. The quantitative estimate of drug-likeness (QED) is 0.397. The third kappa shape index (κ3) is 4.44. The summed E-state index contributed by atoms with van der Waals surface area (Å²) in [5.74, 6) is 1.76. The van der Waals surface area contributed by atoms with Gasteiger partial charge in [-0.2, -0.15) is 5.26 Å². The molecule has 5 aromatic rings. The van der Waals surface area contributed by atoms with Crippen LogP contribution in [0.1, 0.15) is 11.3 Å². The fourth-order valence-electron chi connectivity index (χ4n) is 4.62. The zero-order valence-electron chi connectivity index (χ0n) is 20.1. The molecule has 6 rings (SSSR count). The molecule has 0 bridgehead atoms. The minimum Gasteiger partial charge on any atom is -0.383 e. The third-order valence-corrected chi connectivity index (χ3v) is 6.51. The maximum atomic E-state index is 9.10. The Kier molecular flexibility index (Phi) is 5.88. The molecule has 0 unspecified atom stereocenters. The number of nitriles is 1. The molecular weight excluding hydrogens is 464 g/mol. The molecule has 2 N–H and O–H groups in total. The number of rotatable bonds is 5. The van der Waals surface area contributed by atoms with Crippen molar-refractivity contribution in [1.29, 1.82) is 5.26 Å². The van der Waals surface area contributed by atoms with Gasteiger partial charge in [0.25, 0.3) is 0 Å². The first-order valence-electron chi connectivity index (χ1n) is 12.0. The number of nitrogens with two attached hydrogens (primary N) is 1. The van der Waals surface area contributed by atoms with Crippen LogP contribution in [0.4, 0.5) is 11.8 Å². The maximum absolute atomic E-state index is 9.10. The van der Waals surface area contributed by atoms with Crippen LogP contribution >= 0.6 is 0 Å². The predicted molar refractivity (Wildman–Crippen MR) is 141 cm³/mol. The van der Waals surface area contributed by atoms with Crippen molar-refractivity contribution in [2.45, 2.75) is 6.54 Å². The second kappa shape index (κ2) is 9.64. The molecule has 1 aromatic carbocycles. The van der Waals surface area contributed by atoms with E-state index >= 15 is 0 Å². The van der Waals surface area contributed by atoms with Crippen LogP contribution in [-0.4, -0.2) is 60.6 Å². The van der Waals surface area contributed by atoms with Crippen LogP contribution in [0.5, 0.6) is 0 Å². The molecule has 182 valence electrons. The Balaban J connectivity index is 1.21. The van der Waals surface area contributed by atoms with Gasteiger partial charge in [0.05, 0.1) is 5.56 Å². The number of imidazole rings is 1. The van der Waals surface area contributed by atoms with Crippen LogP contribution in [0.2, 0.25) is 0 Å². The highest BCUT2D eigenvalue weighted by Gasteiger charge is 2.20. The summed E-state index contributed by atoms with van der Waals surface area (Å²) in [6, 6.07) is 19.8. The first-order valence-corrected chi connectivity index (χ1v) is 12.0. The van der Waals surface area contributed by atoms with Crippen molar-refractivity contribution in [2.24, 2.45) is 0 Å². The van der Waals surface area contributed by atoms with Gasteiger partial charge in [-0.1, -0.05) is 12.1 Å². The van der Waals surface area contributed by atoms with Gasteiger partial charge in [0, 0.05) is 57.0 Å². The molecule has 37 heavy (non-hydrogen) atoms. The second-order valence-corrected chi connectivity index (χ2v) is 8.84. The second-order valence-electron chi connectivity index (χ2n) is 8.84. The Labute approximate surface area is 213 Å². The standard InChI is InChI=1S/C27H24N10/c28-17-20-9-12-32-27(33-20)36-15-13-35(14-16-36)18-19-5-7-21(8-6-19)37-25(22-3-1-10-30-24(22)29)34-23-4-2-11-31-26(23)37/h1-12H,13-16,18H2,(H2,29,30). The predicted octanol–water partition coefficient (Wildman–Crippen LogP) is 3.05. The van der Waals surface area contributed by atoms with Gasteiger partial charge in [-0.25, -0.2) is 24.9 Å². The number of nitrogens with zero attached hydrogens (tertiary/aromatic N) is 9. The third-order valence-electron chi connectivity index (χ3n) is 6.51. The summed E-state index contributed by atoms with van der Waals surface area (Å²) in [5, 5.41) is 9.10. The van der Waals surface area contributed by atoms with Gasteiger partial charge in [0.15, 0.2) is 11.5 Å².